The highest BCUT2D eigenvalue weighted by atomic mass is 32.1. The summed E-state index contributed by atoms with van der Waals surface area (Å²) in [4.78, 5) is 34.0. The first-order valence-corrected chi connectivity index (χ1v) is 12.9. The molecule has 0 fully saturated rings. The third-order valence-corrected chi connectivity index (χ3v) is 7.71. The average Bonchev–Trinajstić information content (AvgIpc) is 3.32. The van der Waals surface area contributed by atoms with E-state index in [2.05, 4.69) is 20.6 Å². The zero-order valence-corrected chi connectivity index (χ0v) is 20.9. The maximum absolute atomic E-state index is 12.1. The lowest BCUT2D eigenvalue weighted by atomic mass is 10.2. The number of rotatable bonds is 7. The van der Waals surface area contributed by atoms with E-state index in [1.807, 2.05) is 71.8 Å². The fourth-order valence-electron chi connectivity index (χ4n) is 3.62. The standard InChI is InChI=1S/C24H28N6O2S2/c1-29-17-11-5-7-13-19(17)33-23(29)27-21(31)25-15-9-3-4-10-16-26-22(32)28-24-30(2)18-12-6-8-14-20(18)34-24/h5-8,11-14H,3-4,9-10,15-16H2,1-2H3,(H,25,31)(H,26,32). The van der Waals surface area contributed by atoms with E-state index in [-0.39, 0.29) is 12.1 Å². The van der Waals surface area contributed by atoms with Gasteiger partial charge in [-0.15, -0.1) is 0 Å². The molecule has 2 heterocycles. The predicted octanol–water partition coefficient (Wildman–Crippen LogP) is 4.27. The van der Waals surface area contributed by atoms with E-state index < -0.39 is 0 Å². The number of hydrogen-bond acceptors (Lipinski definition) is 4. The topological polar surface area (TPSA) is 92.8 Å². The number of amides is 4. The Bertz CT molecular complexity index is 1330. The van der Waals surface area contributed by atoms with Crippen LogP contribution in [0.5, 0.6) is 0 Å². The minimum Gasteiger partial charge on any atom is -0.336 e. The zero-order valence-electron chi connectivity index (χ0n) is 19.3. The molecule has 10 heteroatoms. The van der Waals surface area contributed by atoms with E-state index in [1.54, 1.807) is 0 Å². The molecule has 0 saturated heterocycles. The molecule has 0 unspecified atom stereocenters. The Balaban J connectivity index is 1.13. The Morgan fingerprint density at radius 3 is 1.53 bits per heavy atom. The molecule has 0 spiro atoms. The van der Waals surface area contributed by atoms with Crippen molar-refractivity contribution < 1.29 is 9.59 Å². The van der Waals surface area contributed by atoms with Gasteiger partial charge in [-0.3, -0.25) is 0 Å². The number of carbonyl (C=O) groups is 2. The van der Waals surface area contributed by atoms with Crippen LogP contribution in [0.1, 0.15) is 25.7 Å². The Hall–Kier alpha value is -3.24. The first-order valence-electron chi connectivity index (χ1n) is 11.3. The van der Waals surface area contributed by atoms with E-state index in [1.165, 1.54) is 22.7 Å². The summed E-state index contributed by atoms with van der Waals surface area (Å²) in [7, 11) is 3.83. The first-order chi connectivity index (χ1) is 16.5. The molecule has 0 aliphatic rings. The van der Waals surface area contributed by atoms with E-state index in [4.69, 9.17) is 0 Å². The maximum Gasteiger partial charge on any atom is 0.343 e. The van der Waals surface area contributed by atoms with Crippen molar-refractivity contribution in [1.29, 1.82) is 0 Å². The number of hydrogen-bond donors (Lipinski definition) is 2. The largest absolute Gasteiger partial charge is 0.343 e. The smallest absolute Gasteiger partial charge is 0.336 e. The second kappa shape index (κ2) is 11.3. The van der Waals surface area contributed by atoms with Gasteiger partial charge in [0.25, 0.3) is 0 Å². The number of unbranched alkanes of at least 4 members (excludes halogenated alkanes) is 3. The zero-order chi connectivity index (χ0) is 23.9. The summed E-state index contributed by atoms with van der Waals surface area (Å²) in [5.74, 6) is 0. The molecule has 0 bridgehead atoms. The van der Waals surface area contributed by atoms with Crippen LogP contribution in [0, 0.1) is 0 Å². The van der Waals surface area contributed by atoms with Gasteiger partial charge in [0.05, 0.1) is 20.4 Å². The van der Waals surface area contributed by atoms with Gasteiger partial charge in [0.2, 0.25) is 0 Å². The van der Waals surface area contributed by atoms with Gasteiger partial charge in [-0.1, -0.05) is 59.8 Å². The van der Waals surface area contributed by atoms with E-state index in [0.717, 1.165) is 46.1 Å². The number of thiazole rings is 2. The Morgan fingerprint density at radius 1 is 0.706 bits per heavy atom. The van der Waals surface area contributed by atoms with Crippen molar-refractivity contribution in [3.05, 3.63) is 58.1 Å². The minimum absolute atomic E-state index is 0.314. The van der Waals surface area contributed by atoms with Crippen molar-refractivity contribution in [2.75, 3.05) is 13.1 Å². The second-order valence-electron chi connectivity index (χ2n) is 7.92. The number of nitrogens with one attached hydrogen (secondary N) is 2. The normalized spacial score (nSPS) is 12.5. The lowest BCUT2D eigenvalue weighted by Crippen LogP contribution is -2.25. The van der Waals surface area contributed by atoms with Crippen molar-refractivity contribution in [2.24, 2.45) is 24.1 Å². The van der Waals surface area contributed by atoms with E-state index in [0.29, 0.717) is 22.7 Å². The number of fused-ring (bicyclic) bond motifs is 2. The highest BCUT2D eigenvalue weighted by molar-refractivity contribution is 7.16. The van der Waals surface area contributed by atoms with E-state index >= 15 is 0 Å². The summed E-state index contributed by atoms with van der Waals surface area (Å²) < 4.78 is 6.07. The SMILES string of the molecule is Cn1c(=NC(=O)NCCCCCCNC(=O)N=c2sc3ccccc3n2C)sc2ccccc21. The van der Waals surface area contributed by atoms with Crippen LogP contribution in [0.15, 0.2) is 58.5 Å². The first kappa shape index (κ1) is 23.9. The maximum atomic E-state index is 12.1. The van der Waals surface area contributed by atoms with Gasteiger partial charge < -0.3 is 19.8 Å². The number of carbonyl (C=O) groups excluding carboxylic acids is 2. The Kier molecular flexibility index (Phi) is 7.91. The molecular formula is C24H28N6O2S2. The van der Waals surface area contributed by atoms with Gasteiger partial charge in [0.15, 0.2) is 9.60 Å². The number of nitrogens with zero attached hydrogens (tertiary/aromatic N) is 4. The molecule has 178 valence electrons. The Morgan fingerprint density at radius 2 is 1.12 bits per heavy atom. The van der Waals surface area contributed by atoms with Crippen LogP contribution in [0.4, 0.5) is 9.59 Å². The van der Waals surface area contributed by atoms with Crippen LogP contribution in [0.3, 0.4) is 0 Å². The average molecular weight is 497 g/mol. The van der Waals surface area contributed by atoms with Crippen molar-refractivity contribution in [3.63, 3.8) is 0 Å². The van der Waals surface area contributed by atoms with Gasteiger partial charge in [0, 0.05) is 27.2 Å². The number of urea groups is 2. The van der Waals surface area contributed by atoms with Crippen LogP contribution >= 0.6 is 22.7 Å². The number of para-hydroxylation sites is 2. The quantitative estimate of drug-likeness (QED) is 0.374. The monoisotopic (exact) mass is 496 g/mol. The highest BCUT2D eigenvalue weighted by Crippen LogP contribution is 2.16. The van der Waals surface area contributed by atoms with Crippen LogP contribution in [-0.4, -0.2) is 34.3 Å². The molecule has 4 amide bonds. The molecule has 0 radical (unpaired) electrons. The summed E-state index contributed by atoms with van der Waals surface area (Å²) in [6.07, 6.45) is 3.68. The fraction of sp³-hybridized carbons (Fsp3) is 0.333. The molecule has 4 rings (SSSR count). The number of aryl methyl sites for hydroxylation is 2. The fourth-order valence-corrected chi connectivity index (χ4v) is 5.66. The molecule has 34 heavy (non-hydrogen) atoms. The van der Waals surface area contributed by atoms with Crippen LogP contribution in [0.25, 0.3) is 20.4 Å². The summed E-state index contributed by atoms with van der Waals surface area (Å²) in [5, 5.41) is 5.71. The van der Waals surface area contributed by atoms with Gasteiger partial charge >= 0.3 is 12.1 Å². The van der Waals surface area contributed by atoms with Gasteiger partial charge in [-0.25, -0.2) is 9.59 Å². The van der Waals surface area contributed by atoms with Crippen molar-refractivity contribution in [1.82, 2.24) is 19.8 Å². The number of benzene rings is 2. The van der Waals surface area contributed by atoms with Crippen molar-refractivity contribution in [3.8, 4) is 0 Å². The predicted molar refractivity (Wildman–Crippen MR) is 138 cm³/mol. The molecule has 0 aliphatic heterocycles. The lowest BCUT2D eigenvalue weighted by Gasteiger charge is -2.03. The number of aromatic nitrogens is 2. The third kappa shape index (κ3) is 5.81. The molecular weight excluding hydrogens is 468 g/mol. The highest BCUT2D eigenvalue weighted by Gasteiger charge is 2.05. The molecule has 8 nitrogen and oxygen atoms in total. The summed E-state index contributed by atoms with van der Waals surface area (Å²) in [5.41, 5.74) is 2.13. The van der Waals surface area contributed by atoms with Gasteiger partial charge in [0.1, 0.15) is 0 Å². The van der Waals surface area contributed by atoms with Crippen LogP contribution in [-0.2, 0) is 14.1 Å². The molecule has 2 N–H and O–H groups in total. The molecule has 0 atom stereocenters. The third-order valence-electron chi connectivity index (χ3n) is 5.48. The van der Waals surface area contributed by atoms with Crippen LogP contribution < -0.4 is 20.2 Å². The molecule has 4 aromatic rings. The van der Waals surface area contributed by atoms with Gasteiger partial charge in [-0.2, -0.15) is 9.98 Å². The van der Waals surface area contributed by atoms with Crippen molar-refractivity contribution in [2.45, 2.75) is 25.7 Å². The van der Waals surface area contributed by atoms with Crippen molar-refractivity contribution >= 4 is 55.2 Å². The lowest BCUT2D eigenvalue weighted by molar-refractivity contribution is 0.247. The summed E-state index contributed by atoms with van der Waals surface area (Å²) >= 11 is 3.00. The summed E-state index contributed by atoms with van der Waals surface area (Å²) in [6, 6.07) is 15.4. The van der Waals surface area contributed by atoms with Gasteiger partial charge in [-0.05, 0) is 37.1 Å². The molecule has 0 aliphatic carbocycles. The molecule has 0 saturated carbocycles. The van der Waals surface area contributed by atoms with Crippen LogP contribution in [0.2, 0.25) is 0 Å². The Labute approximate surface area is 205 Å². The molecule has 2 aromatic heterocycles. The molecule has 2 aromatic carbocycles. The summed E-state index contributed by atoms with van der Waals surface area (Å²) in [6.45, 7) is 1.17. The minimum atomic E-state index is -0.314. The second-order valence-corrected chi connectivity index (χ2v) is 9.94. The van der Waals surface area contributed by atoms with E-state index in [9.17, 15) is 9.59 Å².